The SMILES string of the molecule is C=CC(O)c1ccc(F)c([N+](=O)[O-])c1. The van der Waals surface area contributed by atoms with Gasteiger partial charge in [0.1, 0.15) is 0 Å². The highest BCUT2D eigenvalue weighted by Gasteiger charge is 2.16. The molecule has 1 aromatic rings. The van der Waals surface area contributed by atoms with Gasteiger partial charge in [-0.2, -0.15) is 4.39 Å². The molecule has 0 fully saturated rings. The summed E-state index contributed by atoms with van der Waals surface area (Å²) in [6, 6.07) is 3.20. The van der Waals surface area contributed by atoms with Crippen LogP contribution in [0.1, 0.15) is 11.7 Å². The first-order valence-electron chi connectivity index (χ1n) is 3.80. The minimum atomic E-state index is -1.02. The number of aliphatic hydroxyl groups is 1. The molecule has 0 aromatic heterocycles. The molecule has 0 aliphatic carbocycles. The number of halogens is 1. The molecule has 1 unspecified atom stereocenters. The Morgan fingerprint density at radius 3 is 2.79 bits per heavy atom. The average Bonchev–Trinajstić information content (AvgIpc) is 2.17. The van der Waals surface area contributed by atoms with E-state index in [1.807, 2.05) is 0 Å². The van der Waals surface area contributed by atoms with Crippen LogP contribution in [0.15, 0.2) is 30.9 Å². The molecule has 1 rings (SSSR count). The van der Waals surface area contributed by atoms with Gasteiger partial charge in [-0.1, -0.05) is 12.1 Å². The zero-order chi connectivity index (χ0) is 10.7. The highest BCUT2D eigenvalue weighted by molar-refractivity contribution is 5.37. The van der Waals surface area contributed by atoms with Gasteiger partial charge in [-0.15, -0.1) is 6.58 Å². The molecule has 5 heteroatoms. The molecule has 1 aromatic carbocycles. The van der Waals surface area contributed by atoms with Crippen molar-refractivity contribution in [1.29, 1.82) is 0 Å². The van der Waals surface area contributed by atoms with E-state index in [4.69, 9.17) is 0 Å². The molecule has 14 heavy (non-hydrogen) atoms. The second-order valence-electron chi connectivity index (χ2n) is 2.65. The Morgan fingerprint density at radius 2 is 2.29 bits per heavy atom. The lowest BCUT2D eigenvalue weighted by Gasteiger charge is -2.04. The summed E-state index contributed by atoms with van der Waals surface area (Å²) in [5, 5.41) is 19.6. The van der Waals surface area contributed by atoms with Crippen LogP contribution in [0.25, 0.3) is 0 Å². The first-order valence-corrected chi connectivity index (χ1v) is 3.80. The number of nitro groups is 1. The number of hydrogen-bond acceptors (Lipinski definition) is 3. The lowest BCUT2D eigenvalue weighted by atomic mass is 10.1. The molecule has 0 amide bonds. The number of rotatable bonds is 3. The van der Waals surface area contributed by atoms with Crippen LogP contribution in [-0.2, 0) is 0 Å². The van der Waals surface area contributed by atoms with E-state index in [1.165, 1.54) is 12.1 Å². The van der Waals surface area contributed by atoms with E-state index in [0.717, 1.165) is 12.1 Å². The van der Waals surface area contributed by atoms with Crippen LogP contribution in [0.3, 0.4) is 0 Å². The number of nitro benzene ring substituents is 1. The van der Waals surface area contributed by atoms with Crippen LogP contribution in [-0.4, -0.2) is 10.0 Å². The van der Waals surface area contributed by atoms with Crippen LogP contribution in [0, 0.1) is 15.9 Å². The normalized spacial score (nSPS) is 12.1. The predicted molar refractivity (Wildman–Crippen MR) is 48.2 cm³/mol. The van der Waals surface area contributed by atoms with Crippen molar-refractivity contribution < 1.29 is 14.4 Å². The van der Waals surface area contributed by atoms with Gasteiger partial charge in [-0.3, -0.25) is 10.1 Å². The van der Waals surface area contributed by atoms with Gasteiger partial charge >= 0.3 is 5.69 Å². The minimum absolute atomic E-state index is 0.244. The van der Waals surface area contributed by atoms with Gasteiger partial charge in [0.05, 0.1) is 11.0 Å². The Bertz CT molecular complexity index is 378. The summed E-state index contributed by atoms with van der Waals surface area (Å²) in [6.45, 7) is 3.32. The van der Waals surface area contributed by atoms with Crippen molar-refractivity contribution in [3.8, 4) is 0 Å². The van der Waals surface area contributed by atoms with Crippen molar-refractivity contribution in [3.05, 3.63) is 52.3 Å². The molecule has 1 N–H and O–H groups in total. The molecule has 74 valence electrons. The third-order valence-corrected chi connectivity index (χ3v) is 1.73. The maximum absolute atomic E-state index is 12.8. The summed E-state index contributed by atoms with van der Waals surface area (Å²) < 4.78 is 12.8. The fourth-order valence-electron chi connectivity index (χ4n) is 0.990. The number of aliphatic hydroxyl groups excluding tert-OH is 1. The van der Waals surface area contributed by atoms with Crippen LogP contribution < -0.4 is 0 Å². The van der Waals surface area contributed by atoms with Crippen molar-refractivity contribution in [1.82, 2.24) is 0 Å². The maximum atomic E-state index is 12.8. The van der Waals surface area contributed by atoms with Crippen molar-refractivity contribution in [2.24, 2.45) is 0 Å². The molecular weight excluding hydrogens is 189 g/mol. The lowest BCUT2D eigenvalue weighted by Crippen LogP contribution is -1.97. The van der Waals surface area contributed by atoms with Gasteiger partial charge in [0.2, 0.25) is 5.82 Å². The average molecular weight is 197 g/mol. The Hall–Kier alpha value is -1.75. The van der Waals surface area contributed by atoms with E-state index < -0.39 is 22.5 Å². The summed E-state index contributed by atoms with van der Waals surface area (Å²) in [7, 11) is 0. The minimum Gasteiger partial charge on any atom is -0.384 e. The van der Waals surface area contributed by atoms with Gasteiger partial charge in [-0.25, -0.2) is 0 Å². The summed E-state index contributed by atoms with van der Waals surface area (Å²) in [5.41, 5.74) is -0.406. The van der Waals surface area contributed by atoms with Crippen molar-refractivity contribution >= 4 is 5.69 Å². The van der Waals surface area contributed by atoms with Crippen molar-refractivity contribution in [2.75, 3.05) is 0 Å². The van der Waals surface area contributed by atoms with Crippen LogP contribution in [0.5, 0.6) is 0 Å². The molecule has 0 spiro atoms. The molecule has 4 nitrogen and oxygen atoms in total. The number of benzene rings is 1. The van der Waals surface area contributed by atoms with Crippen molar-refractivity contribution in [2.45, 2.75) is 6.10 Å². The third-order valence-electron chi connectivity index (χ3n) is 1.73. The van der Waals surface area contributed by atoms with Gasteiger partial charge < -0.3 is 5.11 Å². The summed E-state index contributed by atoms with van der Waals surface area (Å²) in [5.74, 6) is -0.921. The van der Waals surface area contributed by atoms with E-state index in [9.17, 15) is 19.6 Å². The summed E-state index contributed by atoms with van der Waals surface area (Å²) in [6.07, 6.45) is 0.186. The van der Waals surface area contributed by atoms with Crippen LogP contribution in [0.4, 0.5) is 10.1 Å². The maximum Gasteiger partial charge on any atom is 0.305 e. The Labute approximate surface area is 79.4 Å². The Kier molecular flexibility index (Phi) is 2.93. The molecule has 0 radical (unpaired) electrons. The molecular formula is C9H8FNO3. The van der Waals surface area contributed by atoms with E-state index in [1.54, 1.807) is 0 Å². The quantitative estimate of drug-likeness (QED) is 0.457. The van der Waals surface area contributed by atoms with Gasteiger partial charge in [-0.05, 0) is 11.6 Å². The van der Waals surface area contributed by atoms with E-state index >= 15 is 0 Å². The fourth-order valence-corrected chi connectivity index (χ4v) is 0.990. The number of hydrogen-bond donors (Lipinski definition) is 1. The molecule has 0 aliphatic rings. The lowest BCUT2D eigenvalue weighted by molar-refractivity contribution is -0.387. The predicted octanol–water partition coefficient (Wildman–Crippen LogP) is 1.95. The summed E-state index contributed by atoms with van der Waals surface area (Å²) in [4.78, 5) is 9.50. The van der Waals surface area contributed by atoms with E-state index in [0.29, 0.717) is 0 Å². The molecule has 0 heterocycles. The molecule has 0 bridgehead atoms. The largest absolute Gasteiger partial charge is 0.384 e. The topological polar surface area (TPSA) is 63.4 Å². The van der Waals surface area contributed by atoms with Crippen LogP contribution in [0.2, 0.25) is 0 Å². The van der Waals surface area contributed by atoms with E-state index in [-0.39, 0.29) is 5.56 Å². The summed E-state index contributed by atoms with van der Waals surface area (Å²) >= 11 is 0. The monoisotopic (exact) mass is 197 g/mol. The van der Waals surface area contributed by atoms with E-state index in [2.05, 4.69) is 6.58 Å². The third kappa shape index (κ3) is 1.94. The first-order chi connectivity index (χ1) is 6.56. The molecule has 0 aliphatic heterocycles. The van der Waals surface area contributed by atoms with Crippen LogP contribution >= 0.6 is 0 Å². The first kappa shape index (κ1) is 10.3. The Balaban J connectivity index is 3.19. The molecule has 0 saturated carbocycles. The zero-order valence-corrected chi connectivity index (χ0v) is 7.18. The fraction of sp³-hybridized carbons (Fsp3) is 0.111. The van der Waals surface area contributed by atoms with Crippen molar-refractivity contribution in [3.63, 3.8) is 0 Å². The smallest absolute Gasteiger partial charge is 0.305 e. The van der Waals surface area contributed by atoms with Gasteiger partial charge in [0, 0.05) is 6.07 Å². The molecule has 1 atom stereocenters. The Morgan fingerprint density at radius 1 is 1.64 bits per heavy atom. The van der Waals surface area contributed by atoms with Gasteiger partial charge in [0.25, 0.3) is 0 Å². The number of nitrogens with zero attached hydrogens (tertiary/aromatic N) is 1. The highest BCUT2D eigenvalue weighted by atomic mass is 19.1. The molecule has 0 saturated heterocycles. The van der Waals surface area contributed by atoms with Gasteiger partial charge in [0.15, 0.2) is 0 Å². The zero-order valence-electron chi connectivity index (χ0n) is 7.18. The second kappa shape index (κ2) is 3.97. The standard InChI is InChI=1S/C9H8FNO3/c1-2-9(12)6-3-4-7(10)8(5-6)11(13)14/h2-5,9,12H,1H2. The second-order valence-corrected chi connectivity index (χ2v) is 2.65. The highest BCUT2D eigenvalue weighted by Crippen LogP contribution is 2.22.